The maximum atomic E-state index is 12.3. The molecule has 1 atom stereocenters. The molecule has 1 aliphatic rings. The highest BCUT2D eigenvalue weighted by atomic mass is 19.4. The third-order valence-electron chi connectivity index (χ3n) is 4.08. The minimum absolute atomic E-state index is 0.0101. The zero-order valence-electron chi connectivity index (χ0n) is 12.0. The number of hydrogen-bond donors (Lipinski definition) is 1. The third-order valence-corrected chi connectivity index (χ3v) is 4.08. The van der Waals surface area contributed by atoms with Crippen LogP contribution in [0, 0.1) is 0 Å². The summed E-state index contributed by atoms with van der Waals surface area (Å²) in [7, 11) is 0. The summed E-state index contributed by atoms with van der Waals surface area (Å²) in [6, 6.07) is 0. The summed E-state index contributed by atoms with van der Waals surface area (Å²) in [5.74, 6) is -0.941. The van der Waals surface area contributed by atoms with E-state index in [1.807, 2.05) is 0 Å². The van der Waals surface area contributed by atoms with Crippen molar-refractivity contribution in [2.24, 2.45) is 0 Å². The van der Waals surface area contributed by atoms with E-state index in [-0.39, 0.29) is 19.3 Å². The Balaban J connectivity index is 2.66. The molecule has 0 radical (unpaired) electrons. The van der Waals surface area contributed by atoms with Gasteiger partial charge in [0.25, 0.3) is 0 Å². The van der Waals surface area contributed by atoms with Crippen LogP contribution in [0.3, 0.4) is 0 Å². The second kappa shape index (κ2) is 7.29. The molecule has 1 unspecified atom stereocenters. The largest absolute Gasteiger partial charge is 0.481 e. The Labute approximate surface area is 118 Å². The fourth-order valence-electron chi connectivity index (χ4n) is 2.96. The predicted octanol–water partition coefficient (Wildman–Crippen LogP) is 3.83. The molecule has 6 heteroatoms. The van der Waals surface area contributed by atoms with Gasteiger partial charge in [0.05, 0.1) is 6.42 Å². The molecule has 3 nitrogen and oxygen atoms in total. The van der Waals surface area contributed by atoms with Crippen molar-refractivity contribution in [2.75, 3.05) is 13.1 Å². The van der Waals surface area contributed by atoms with E-state index in [0.29, 0.717) is 0 Å². The fraction of sp³-hybridized carbons (Fsp3) is 0.929. The van der Waals surface area contributed by atoms with Crippen molar-refractivity contribution in [2.45, 2.75) is 70.0 Å². The molecular formula is C14H24F3NO2. The Kier molecular flexibility index (Phi) is 6.30. The van der Waals surface area contributed by atoms with Crippen LogP contribution in [-0.4, -0.2) is 40.8 Å². The van der Waals surface area contributed by atoms with Crippen LogP contribution >= 0.6 is 0 Å². The van der Waals surface area contributed by atoms with Crippen molar-refractivity contribution in [1.82, 2.24) is 4.90 Å². The van der Waals surface area contributed by atoms with Crippen LogP contribution in [0.4, 0.5) is 13.2 Å². The van der Waals surface area contributed by atoms with E-state index >= 15 is 0 Å². The number of carbonyl (C=O) groups is 1. The quantitative estimate of drug-likeness (QED) is 0.809. The van der Waals surface area contributed by atoms with E-state index in [0.717, 1.165) is 38.8 Å². The molecule has 1 saturated heterocycles. The van der Waals surface area contributed by atoms with Gasteiger partial charge in [-0.1, -0.05) is 12.8 Å². The van der Waals surface area contributed by atoms with Gasteiger partial charge < -0.3 is 5.11 Å². The first kappa shape index (κ1) is 17.3. The van der Waals surface area contributed by atoms with Gasteiger partial charge in [0.15, 0.2) is 0 Å². The number of nitrogens with zero attached hydrogens (tertiary/aromatic N) is 1. The molecule has 1 rings (SSSR count). The van der Waals surface area contributed by atoms with Gasteiger partial charge in [0.1, 0.15) is 0 Å². The van der Waals surface area contributed by atoms with Crippen molar-refractivity contribution in [3.05, 3.63) is 0 Å². The maximum Gasteiger partial charge on any atom is 0.389 e. The molecule has 0 aromatic rings. The molecule has 118 valence electrons. The summed E-state index contributed by atoms with van der Waals surface area (Å²) < 4.78 is 36.8. The lowest BCUT2D eigenvalue weighted by molar-refractivity contribution is -0.141. The van der Waals surface area contributed by atoms with Crippen LogP contribution < -0.4 is 0 Å². The normalized spacial score (nSPS) is 21.2. The van der Waals surface area contributed by atoms with Crippen molar-refractivity contribution < 1.29 is 23.1 Å². The van der Waals surface area contributed by atoms with E-state index in [2.05, 4.69) is 4.90 Å². The van der Waals surface area contributed by atoms with Gasteiger partial charge in [-0.25, -0.2) is 0 Å². The molecule has 20 heavy (non-hydrogen) atoms. The monoisotopic (exact) mass is 295 g/mol. The Hall–Kier alpha value is -0.780. The lowest BCUT2D eigenvalue weighted by Gasteiger charge is -2.40. The van der Waals surface area contributed by atoms with Crippen molar-refractivity contribution in [3.8, 4) is 0 Å². The van der Waals surface area contributed by atoms with Crippen LogP contribution in [0.15, 0.2) is 0 Å². The lowest BCUT2D eigenvalue weighted by atomic mass is 9.88. The molecule has 0 bridgehead atoms. The molecule has 0 aliphatic carbocycles. The molecule has 0 amide bonds. The molecule has 0 aromatic carbocycles. The van der Waals surface area contributed by atoms with E-state index in [1.54, 1.807) is 6.92 Å². The van der Waals surface area contributed by atoms with Crippen LogP contribution in [0.25, 0.3) is 0 Å². The highest BCUT2D eigenvalue weighted by Crippen LogP contribution is 2.31. The number of hydrogen-bond acceptors (Lipinski definition) is 2. The molecule has 0 saturated carbocycles. The molecular weight excluding hydrogens is 271 g/mol. The van der Waals surface area contributed by atoms with Gasteiger partial charge in [0, 0.05) is 12.0 Å². The number of rotatable bonds is 6. The predicted molar refractivity (Wildman–Crippen MR) is 70.6 cm³/mol. The van der Waals surface area contributed by atoms with Crippen LogP contribution in [0.1, 0.15) is 58.3 Å². The summed E-state index contributed by atoms with van der Waals surface area (Å²) in [5, 5.41) is 9.06. The first-order chi connectivity index (χ1) is 9.23. The van der Waals surface area contributed by atoms with Gasteiger partial charge in [0.2, 0.25) is 0 Å². The fourth-order valence-corrected chi connectivity index (χ4v) is 2.96. The second-order valence-corrected chi connectivity index (χ2v) is 5.94. The van der Waals surface area contributed by atoms with Gasteiger partial charge in [-0.2, -0.15) is 13.2 Å². The molecule has 1 N–H and O–H groups in total. The number of alkyl halides is 3. The lowest BCUT2D eigenvalue weighted by Crippen LogP contribution is -2.48. The molecule has 1 heterocycles. The minimum Gasteiger partial charge on any atom is -0.481 e. The number of aliphatic carboxylic acids is 1. The van der Waals surface area contributed by atoms with E-state index in [9.17, 15) is 18.0 Å². The number of likely N-dealkylation sites (tertiary alicyclic amines) is 1. The Morgan fingerprint density at radius 1 is 1.10 bits per heavy atom. The average molecular weight is 295 g/mol. The van der Waals surface area contributed by atoms with Crippen molar-refractivity contribution in [1.29, 1.82) is 0 Å². The third kappa shape index (κ3) is 6.11. The standard InChI is InChI=1S/C14H24F3NO2/c1-13(11-12(19)20,7-6-8-14(15,16)17)18-9-4-2-3-5-10-18/h2-11H2,1H3,(H,19,20). The highest BCUT2D eigenvalue weighted by Gasteiger charge is 2.36. The van der Waals surface area contributed by atoms with Crippen molar-refractivity contribution in [3.63, 3.8) is 0 Å². The van der Waals surface area contributed by atoms with Gasteiger partial charge in [-0.3, -0.25) is 9.69 Å². The average Bonchev–Trinajstić information content (AvgIpc) is 2.54. The topological polar surface area (TPSA) is 40.5 Å². The van der Waals surface area contributed by atoms with E-state index in [4.69, 9.17) is 5.11 Å². The van der Waals surface area contributed by atoms with Gasteiger partial charge in [-0.05, 0) is 45.7 Å². The van der Waals surface area contributed by atoms with E-state index < -0.39 is 24.1 Å². The number of carboxylic acid groups (broad SMARTS) is 1. The molecule has 1 aliphatic heterocycles. The van der Waals surface area contributed by atoms with E-state index in [1.165, 1.54) is 0 Å². The summed E-state index contributed by atoms with van der Waals surface area (Å²) in [6.07, 6.45) is -0.611. The Morgan fingerprint density at radius 2 is 1.65 bits per heavy atom. The second-order valence-electron chi connectivity index (χ2n) is 5.94. The summed E-state index contributed by atoms with van der Waals surface area (Å²) >= 11 is 0. The summed E-state index contributed by atoms with van der Waals surface area (Å²) in [6.45, 7) is 3.37. The van der Waals surface area contributed by atoms with Gasteiger partial charge >= 0.3 is 12.1 Å². The van der Waals surface area contributed by atoms with Crippen LogP contribution in [0.5, 0.6) is 0 Å². The first-order valence-electron chi connectivity index (χ1n) is 7.26. The van der Waals surface area contributed by atoms with Crippen molar-refractivity contribution >= 4 is 5.97 Å². The molecule has 1 fully saturated rings. The molecule has 0 aromatic heterocycles. The van der Waals surface area contributed by atoms with Crippen LogP contribution in [-0.2, 0) is 4.79 Å². The SMILES string of the molecule is CC(CCCC(F)(F)F)(CC(=O)O)N1CCCCCC1. The minimum atomic E-state index is -4.16. The number of carboxylic acids is 1. The first-order valence-corrected chi connectivity index (χ1v) is 7.26. The zero-order chi connectivity index (χ0) is 15.2. The molecule has 0 spiro atoms. The Bertz CT molecular complexity index is 312. The number of halogens is 3. The maximum absolute atomic E-state index is 12.3. The smallest absolute Gasteiger partial charge is 0.389 e. The van der Waals surface area contributed by atoms with Gasteiger partial charge in [-0.15, -0.1) is 0 Å². The zero-order valence-corrected chi connectivity index (χ0v) is 12.0. The summed E-state index contributed by atoms with van der Waals surface area (Å²) in [5.41, 5.74) is -0.665. The van der Waals surface area contributed by atoms with Crippen LogP contribution in [0.2, 0.25) is 0 Å². The summed E-state index contributed by atoms with van der Waals surface area (Å²) in [4.78, 5) is 13.1. The Morgan fingerprint density at radius 3 is 2.10 bits per heavy atom. The highest BCUT2D eigenvalue weighted by molar-refractivity contribution is 5.68.